The number of hydrogen-bond acceptors (Lipinski definition) is 5. The highest BCUT2D eigenvalue weighted by atomic mass is 35.5. The summed E-state index contributed by atoms with van der Waals surface area (Å²) in [6.07, 6.45) is 2.06. The third kappa shape index (κ3) is 4.24. The van der Waals surface area contributed by atoms with Crippen LogP contribution in [0, 0.1) is 0 Å². The lowest BCUT2D eigenvalue weighted by atomic mass is 10.2. The van der Waals surface area contributed by atoms with E-state index in [1.807, 2.05) is 0 Å². The van der Waals surface area contributed by atoms with Crippen LogP contribution in [0.5, 0.6) is 0 Å². The second kappa shape index (κ2) is 6.78. The molecule has 8 heteroatoms. The van der Waals surface area contributed by atoms with Gasteiger partial charge >= 0.3 is 0 Å². The highest BCUT2D eigenvalue weighted by molar-refractivity contribution is 7.91. The van der Waals surface area contributed by atoms with Crippen LogP contribution in [0.1, 0.15) is 16.8 Å². The topological polar surface area (TPSA) is 88.2 Å². The average molecular weight is 366 g/mol. The van der Waals surface area contributed by atoms with Crippen molar-refractivity contribution in [3.05, 3.63) is 53.2 Å². The molecule has 2 heterocycles. The number of carbonyl (C=O) groups excluding carboxylic acids is 1. The van der Waals surface area contributed by atoms with Crippen molar-refractivity contribution < 1.29 is 13.2 Å². The van der Waals surface area contributed by atoms with Crippen molar-refractivity contribution in [2.75, 3.05) is 22.1 Å². The number of pyridine rings is 1. The van der Waals surface area contributed by atoms with E-state index in [1.165, 1.54) is 6.20 Å². The minimum atomic E-state index is -2.97. The fourth-order valence-electron chi connectivity index (χ4n) is 2.54. The van der Waals surface area contributed by atoms with E-state index < -0.39 is 9.84 Å². The number of sulfone groups is 1. The number of rotatable bonds is 4. The predicted octanol–water partition coefficient (Wildman–Crippen LogP) is 2.59. The predicted molar refractivity (Wildman–Crippen MR) is 94.3 cm³/mol. The van der Waals surface area contributed by atoms with Crippen LogP contribution in [0.2, 0.25) is 5.02 Å². The summed E-state index contributed by atoms with van der Waals surface area (Å²) in [5, 5.41) is 6.37. The molecule has 6 nitrogen and oxygen atoms in total. The molecule has 1 saturated heterocycles. The van der Waals surface area contributed by atoms with Crippen LogP contribution in [0.3, 0.4) is 0 Å². The molecule has 2 N–H and O–H groups in total. The van der Waals surface area contributed by atoms with Gasteiger partial charge in [0.1, 0.15) is 5.82 Å². The number of aromatic nitrogens is 1. The maximum absolute atomic E-state index is 12.3. The Labute approximate surface area is 145 Å². The minimum absolute atomic E-state index is 0.0909. The van der Waals surface area contributed by atoms with Crippen LogP contribution >= 0.6 is 11.6 Å². The molecule has 1 amide bonds. The van der Waals surface area contributed by atoms with E-state index in [2.05, 4.69) is 15.6 Å². The molecule has 0 radical (unpaired) electrons. The first kappa shape index (κ1) is 16.7. The minimum Gasteiger partial charge on any atom is -0.366 e. The summed E-state index contributed by atoms with van der Waals surface area (Å²) < 4.78 is 23.0. The van der Waals surface area contributed by atoms with Crippen LogP contribution < -0.4 is 10.6 Å². The second-order valence-corrected chi connectivity index (χ2v) is 8.30. The van der Waals surface area contributed by atoms with Crippen molar-refractivity contribution in [2.24, 2.45) is 0 Å². The van der Waals surface area contributed by atoms with Crippen LogP contribution in [0.15, 0.2) is 42.6 Å². The monoisotopic (exact) mass is 365 g/mol. The SMILES string of the molecule is O=C(Nc1cccc(Cl)c1)c1ccnc(NC2CCS(=O)(=O)C2)c1. The standard InChI is InChI=1S/C16H16ClN3O3S/c17-12-2-1-3-13(9-12)20-16(21)11-4-6-18-15(8-11)19-14-5-7-24(22,23)10-14/h1-4,6,8-9,14H,5,7,10H2,(H,18,19)(H,20,21). The molecule has 1 unspecified atom stereocenters. The van der Waals surface area contributed by atoms with Gasteiger partial charge in [-0.3, -0.25) is 4.79 Å². The summed E-state index contributed by atoms with van der Waals surface area (Å²) in [5.74, 6) is 0.463. The van der Waals surface area contributed by atoms with Crippen LogP contribution in [0.25, 0.3) is 0 Å². The third-order valence-corrected chi connectivity index (χ3v) is 5.69. The van der Waals surface area contributed by atoms with Gasteiger partial charge in [-0.2, -0.15) is 0 Å². The Kier molecular flexibility index (Phi) is 4.73. The number of anilines is 2. The summed E-state index contributed by atoms with van der Waals surface area (Å²) >= 11 is 5.90. The Morgan fingerprint density at radius 2 is 2.08 bits per heavy atom. The molecular formula is C16H16ClN3O3S. The van der Waals surface area contributed by atoms with E-state index in [0.29, 0.717) is 28.5 Å². The first-order valence-corrected chi connectivity index (χ1v) is 9.61. The molecule has 24 heavy (non-hydrogen) atoms. The average Bonchev–Trinajstić information content (AvgIpc) is 2.86. The van der Waals surface area contributed by atoms with Crippen LogP contribution in [-0.2, 0) is 9.84 Å². The fourth-order valence-corrected chi connectivity index (χ4v) is 4.40. The van der Waals surface area contributed by atoms with Crippen molar-refractivity contribution in [2.45, 2.75) is 12.5 Å². The van der Waals surface area contributed by atoms with Crippen LogP contribution in [0.4, 0.5) is 11.5 Å². The molecule has 1 aromatic carbocycles. The molecule has 1 aliphatic rings. The number of carbonyl (C=O) groups is 1. The molecular weight excluding hydrogens is 350 g/mol. The number of amides is 1. The molecule has 0 aliphatic carbocycles. The highest BCUT2D eigenvalue weighted by Crippen LogP contribution is 2.18. The zero-order chi connectivity index (χ0) is 17.2. The fraction of sp³-hybridized carbons (Fsp3) is 0.250. The molecule has 3 rings (SSSR count). The lowest BCUT2D eigenvalue weighted by Crippen LogP contribution is -2.21. The molecule has 0 spiro atoms. The van der Waals surface area contributed by atoms with Crippen LogP contribution in [-0.4, -0.2) is 36.9 Å². The largest absolute Gasteiger partial charge is 0.366 e. The van der Waals surface area contributed by atoms with E-state index in [-0.39, 0.29) is 23.5 Å². The lowest BCUT2D eigenvalue weighted by Gasteiger charge is -2.12. The molecule has 0 bridgehead atoms. The molecule has 1 aliphatic heterocycles. The van der Waals surface area contributed by atoms with Gasteiger partial charge in [-0.05, 0) is 36.8 Å². The molecule has 1 aromatic heterocycles. The van der Waals surface area contributed by atoms with Gasteiger partial charge in [0.15, 0.2) is 9.84 Å². The molecule has 1 fully saturated rings. The quantitative estimate of drug-likeness (QED) is 0.869. The van der Waals surface area contributed by atoms with Crippen molar-refractivity contribution in [1.82, 2.24) is 4.98 Å². The smallest absolute Gasteiger partial charge is 0.255 e. The zero-order valence-electron chi connectivity index (χ0n) is 12.7. The maximum atomic E-state index is 12.3. The van der Waals surface area contributed by atoms with Crippen molar-refractivity contribution >= 4 is 38.9 Å². The van der Waals surface area contributed by atoms with Gasteiger partial charge in [0.25, 0.3) is 5.91 Å². The van der Waals surface area contributed by atoms with E-state index in [0.717, 1.165) is 0 Å². The molecule has 2 aromatic rings. The Morgan fingerprint density at radius 3 is 2.79 bits per heavy atom. The van der Waals surface area contributed by atoms with Crippen molar-refractivity contribution in [3.63, 3.8) is 0 Å². The second-order valence-electron chi connectivity index (χ2n) is 5.64. The van der Waals surface area contributed by atoms with E-state index in [4.69, 9.17) is 11.6 Å². The maximum Gasteiger partial charge on any atom is 0.255 e. The molecule has 126 valence electrons. The van der Waals surface area contributed by atoms with Crippen molar-refractivity contribution in [1.29, 1.82) is 0 Å². The van der Waals surface area contributed by atoms with Gasteiger partial charge < -0.3 is 10.6 Å². The van der Waals surface area contributed by atoms with E-state index in [1.54, 1.807) is 36.4 Å². The zero-order valence-corrected chi connectivity index (χ0v) is 14.3. The third-order valence-electron chi connectivity index (χ3n) is 3.69. The van der Waals surface area contributed by atoms with Gasteiger partial charge in [0.05, 0.1) is 11.5 Å². The van der Waals surface area contributed by atoms with Gasteiger partial charge in [-0.1, -0.05) is 17.7 Å². The Balaban J connectivity index is 1.69. The normalized spacial score (nSPS) is 19.0. The first-order valence-electron chi connectivity index (χ1n) is 7.41. The summed E-state index contributed by atoms with van der Waals surface area (Å²) in [6, 6.07) is 9.89. The number of halogens is 1. The summed E-state index contributed by atoms with van der Waals surface area (Å²) in [5.41, 5.74) is 1.02. The number of nitrogens with zero attached hydrogens (tertiary/aromatic N) is 1. The van der Waals surface area contributed by atoms with Crippen molar-refractivity contribution in [3.8, 4) is 0 Å². The molecule has 1 atom stereocenters. The Bertz CT molecular complexity index is 870. The van der Waals surface area contributed by atoms with Gasteiger partial charge in [0.2, 0.25) is 0 Å². The summed E-state index contributed by atoms with van der Waals surface area (Å²) in [7, 11) is -2.97. The van der Waals surface area contributed by atoms with E-state index >= 15 is 0 Å². The van der Waals surface area contributed by atoms with Gasteiger partial charge in [0, 0.05) is 28.5 Å². The first-order chi connectivity index (χ1) is 11.4. The molecule has 0 saturated carbocycles. The van der Waals surface area contributed by atoms with E-state index in [9.17, 15) is 13.2 Å². The summed E-state index contributed by atoms with van der Waals surface area (Å²) in [6.45, 7) is 0. The highest BCUT2D eigenvalue weighted by Gasteiger charge is 2.28. The van der Waals surface area contributed by atoms with Gasteiger partial charge in [-0.25, -0.2) is 13.4 Å². The Hall–Kier alpha value is -2.12. The number of nitrogens with one attached hydrogen (secondary N) is 2. The summed E-state index contributed by atoms with van der Waals surface area (Å²) in [4.78, 5) is 16.5. The number of benzene rings is 1. The lowest BCUT2D eigenvalue weighted by molar-refractivity contribution is 0.102. The Morgan fingerprint density at radius 1 is 1.25 bits per heavy atom. The van der Waals surface area contributed by atoms with Gasteiger partial charge in [-0.15, -0.1) is 0 Å². The number of hydrogen-bond donors (Lipinski definition) is 2.